The highest BCUT2D eigenvalue weighted by atomic mass is 32.2. The molecule has 15 atom stereocenters. The number of nitrogens with zero attached hydrogens (tertiary/aromatic N) is 2. The summed E-state index contributed by atoms with van der Waals surface area (Å²) in [6.07, 6.45) is 9.46. The van der Waals surface area contributed by atoms with Crippen molar-refractivity contribution < 1.29 is 75.8 Å². The smallest absolute Gasteiger partial charge is 0.422 e. The van der Waals surface area contributed by atoms with Crippen molar-refractivity contribution >= 4 is 45.5 Å². The van der Waals surface area contributed by atoms with E-state index >= 15 is 0 Å². The lowest BCUT2D eigenvalue weighted by Gasteiger charge is -2.50. The zero-order valence-electron chi connectivity index (χ0n) is 45.7. The van der Waals surface area contributed by atoms with Crippen molar-refractivity contribution in [3.63, 3.8) is 0 Å². The molecule has 3 N–H and O–H groups in total. The Morgan fingerprint density at radius 3 is 2.24 bits per heavy atom. The van der Waals surface area contributed by atoms with Gasteiger partial charge in [0.25, 0.3) is 11.7 Å². The summed E-state index contributed by atoms with van der Waals surface area (Å²) >= 11 is 0. The summed E-state index contributed by atoms with van der Waals surface area (Å²) in [5, 5.41) is 23.5. The summed E-state index contributed by atoms with van der Waals surface area (Å²) in [7, 11) is 4.49. The van der Waals surface area contributed by atoms with Crippen molar-refractivity contribution in [1.29, 1.82) is 0 Å². The van der Waals surface area contributed by atoms with E-state index in [0.29, 0.717) is 76.2 Å². The van der Waals surface area contributed by atoms with Gasteiger partial charge in [0.05, 0.1) is 12.2 Å². The van der Waals surface area contributed by atoms with Gasteiger partial charge in [0.15, 0.2) is 5.78 Å². The number of hydrogen-bond donors (Lipinski definition) is 3. The third-order valence-electron chi connectivity index (χ3n) is 15.5. The Balaban J connectivity index is 0.00000385. The van der Waals surface area contributed by atoms with Gasteiger partial charge < -0.3 is 43.5 Å². The van der Waals surface area contributed by atoms with Gasteiger partial charge in [0.1, 0.15) is 36.2 Å². The van der Waals surface area contributed by atoms with Gasteiger partial charge in [-0.25, -0.2) is 14.3 Å². The molecule has 0 aromatic carbocycles. The molecule has 5 rings (SSSR count). The highest BCUT2D eigenvalue weighted by Gasteiger charge is 2.57. The minimum absolute atomic E-state index is 0.0204. The number of amides is 2. The molecule has 4 aliphatic heterocycles. The second kappa shape index (κ2) is 28.3. The summed E-state index contributed by atoms with van der Waals surface area (Å²) in [5.74, 6) is -9.13. The van der Waals surface area contributed by atoms with Crippen LogP contribution in [0.15, 0.2) is 47.6 Å². The number of methoxy groups -OCH3 is 3. The molecule has 0 spiro atoms. The van der Waals surface area contributed by atoms with Crippen LogP contribution >= 0.6 is 0 Å². The quantitative estimate of drug-likeness (QED) is 0.160. The first kappa shape index (κ1) is 62.4. The number of hydrogen-bond acceptors (Lipinski definition) is 16. The van der Waals surface area contributed by atoms with Gasteiger partial charge in [0.2, 0.25) is 5.79 Å². The Hall–Kier alpha value is -4.15. The zero-order chi connectivity index (χ0) is 55.2. The minimum Gasteiger partial charge on any atom is -0.460 e. The number of nitrogens with one attached hydrogen (secondary N) is 1. The Bertz CT molecular complexity index is 2190. The summed E-state index contributed by atoms with van der Waals surface area (Å²) in [6, 6.07) is -1.20. The molecule has 8 unspecified atom stereocenters. The second-order valence-corrected chi connectivity index (χ2v) is 23.3. The Morgan fingerprint density at radius 1 is 0.905 bits per heavy atom. The van der Waals surface area contributed by atoms with Gasteiger partial charge in [-0.15, -0.1) is 0 Å². The lowest BCUT2D eigenvalue weighted by Crippen LogP contribution is -2.65. The summed E-state index contributed by atoms with van der Waals surface area (Å²) in [5.41, 5.74) is 1.39. The molecule has 4 heterocycles. The van der Waals surface area contributed by atoms with E-state index in [9.17, 15) is 47.4 Å². The van der Waals surface area contributed by atoms with Crippen LogP contribution in [0.4, 0.5) is 4.79 Å². The van der Waals surface area contributed by atoms with Crippen LogP contribution in [0.25, 0.3) is 0 Å². The molecule has 2 amide bonds. The lowest BCUT2D eigenvalue weighted by molar-refractivity contribution is -0.263. The first-order valence-electron chi connectivity index (χ1n) is 26.1. The van der Waals surface area contributed by atoms with Crippen molar-refractivity contribution in [3.8, 4) is 0 Å². The van der Waals surface area contributed by atoms with Crippen LogP contribution in [-0.4, -0.2) is 161 Å². The molecule has 20 heteroatoms. The highest BCUT2D eigenvalue weighted by molar-refractivity contribution is 7.87. The Labute approximate surface area is 439 Å². The first-order chi connectivity index (χ1) is 34.8. The monoisotopic (exact) mass is 1060 g/mol. The number of carbonyl (C=O) groups is 6. The van der Waals surface area contributed by atoms with E-state index < -0.39 is 112 Å². The molecule has 1 saturated carbocycles. The molecule has 0 aromatic rings. The van der Waals surface area contributed by atoms with Crippen LogP contribution in [0.1, 0.15) is 119 Å². The molecular formula is C54H85N3O16S. The van der Waals surface area contributed by atoms with Crippen molar-refractivity contribution in [2.75, 3.05) is 49.1 Å². The molecule has 4 fully saturated rings. The number of piperidine rings is 1. The number of aliphatic hydroxyl groups is 2. The van der Waals surface area contributed by atoms with Crippen LogP contribution in [-0.2, 0) is 62.6 Å². The molecule has 3 saturated heterocycles. The van der Waals surface area contributed by atoms with Gasteiger partial charge >= 0.3 is 22.3 Å². The van der Waals surface area contributed by atoms with E-state index in [-0.39, 0.29) is 36.4 Å². The van der Waals surface area contributed by atoms with E-state index in [4.69, 9.17) is 23.7 Å². The number of ketones is 3. The first-order valence-corrected chi connectivity index (χ1v) is 27.5. The van der Waals surface area contributed by atoms with Crippen LogP contribution in [0.2, 0.25) is 0 Å². The van der Waals surface area contributed by atoms with Crippen LogP contribution in [0.3, 0.4) is 0 Å². The molecule has 5 aliphatic rings. The molecule has 74 heavy (non-hydrogen) atoms. The average Bonchev–Trinajstić information content (AvgIpc) is 3.34. The third kappa shape index (κ3) is 16.2. The number of aliphatic hydroxyl groups excluding tert-OH is 1. The molecule has 418 valence electrons. The number of rotatable bonds is 7. The maximum atomic E-state index is 14.5. The van der Waals surface area contributed by atoms with Gasteiger partial charge in [-0.2, -0.15) is 12.7 Å². The molecule has 1 aliphatic carbocycles. The van der Waals surface area contributed by atoms with Crippen molar-refractivity contribution in [2.45, 2.75) is 167 Å². The second-order valence-electron chi connectivity index (χ2n) is 21.4. The van der Waals surface area contributed by atoms with Crippen LogP contribution < -0.4 is 4.72 Å². The SMILES string of the molecule is COC.COC1CC(C[C@H]2C3CCCN4C(=O)C(=O)C5(O)O[C@H](CC/C(C)=C/C=C/C=C/[C@@H](C)CC(C)C(=O)[C@H](OC)C(O)/C(C)=C/[C@@H](C)C(=O)C[C@@H]2OC(=O)C34)CCC5C)CC[C@H]1OC(=O)NS(=O)(=O)N(C)C. The fourth-order valence-corrected chi connectivity index (χ4v) is 11.5. The van der Waals surface area contributed by atoms with Crippen molar-refractivity contribution in [1.82, 2.24) is 13.9 Å². The van der Waals surface area contributed by atoms with Gasteiger partial charge in [-0.3, -0.25) is 19.2 Å². The molecule has 0 aromatic heterocycles. The van der Waals surface area contributed by atoms with E-state index in [1.165, 1.54) is 33.2 Å². The predicted octanol–water partition coefficient (Wildman–Crippen LogP) is 5.58. The third-order valence-corrected chi connectivity index (χ3v) is 16.8. The Morgan fingerprint density at radius 2 is 1.59 bits per heavy atom. The fourth-order valence-electron chi connectivity index (χ4n) is 11.1. The number of esters is 1. The summed E-state index contributed by atoms with van der Waals surface area (Å²) in [4.78, 5) is 85.1. The molecule has 0 radical (unpaired) electrons. The number of Topliss-reactive ketones (excluding diaryl/α,β-unsaturated/α-hetero) is 3. The van der Waals surface area contributed by atoms with Crippen LogP contribution in [0, 0.1) is 41.4 Å². The van der Waals surface area contributed by atoms with Gasteiger partial charge in [-0.1, -0.05) is 69.7 Å². The van der Waals surface area contributed by atoms with Gasteiger partial charge in [0, 0.05) is 79.2 Å². The fraction of sp³-hybridized carbons (Fsp3) is 0.741. The number of allylic oxidation sites excluding steroid dienone is 7. The number of fused-ring (bicyclic) bond motifs is 4. The summed E-state index contributed by atoms with van der Waals surface area (Å²) in [6.45, 7) is 10.8. The van der Waals surface area contributed by atoms with E-state index in [1.54, 1.807) is 48.0 Å². The van der Waals surface area contributed by atoms with Crippen LogP contribution in [0.5, 0.6) is 0 Å². The lowest BCUT2D eigenvalue weighted by atomic mass is 9.68. The zero-order valence-corrected chi connectivity index (χ0v) is 46.5. The largest absolute Gasteiger partial charge is 0.460 e. The van der Waals surface area contributed by atoms with E-state index in [0.717, 1.165) is 9.88 Å². The molecule has 19 nitrogen and oxygen atoms in total. The topological polar surface area (TPSA) is 251 Å². The normalized spacial score (nSPS) is 37.8. The summed E-state index contributed by atoms with van der Waals surface area (Å²) < 4.78 is 60.8. The average molecular weight is 1060 g/mol. The molecular weight excluding hydrogens is 979 g/mol. The standard InChI is InChI=1S/C52H79N3O15S.C2H6O/c1-30-15-12-11-13-16-31(2)25-33(4)45(57)47(67-10)46(58)34(5)26-32(3)40(56)29-42-39(27-36-20-23-41(43(28-36)66-9)69-51(62)53-71(64,65)54(7)8)38-17-14-24-55(44(38)50(61)68-42)49(60)48(59)52(63)35(6)19-22-37(70-52)21-18-30;1-3-2/h11-13,15-16,26,31-33,35-39,41-44,46-47,58,63H,14,17-25,27-29H2,1-10H3,(H,53,62);1-2H3/b12-11+,16-13+,30-15+,34-26+;/t31-,32-,33?,35?,36?,37-,38?,39+,41-,42+,43?,44?,46?,47+,52?;/m1./s1. The Kier molecular flexibility index (Phi) is 23.9. The highest BCUT2D eigenvalue weighted by Crippen LogP contribution is 2.45. The van der Waals surface area contributed by atoms with E-state index in [1.807, 2.05) is 48.9 Å². The van der Waals surface area contributed by atoms with E-state index in [2.05, 4.69) is 4.74 Å². The predicted molar refractivity (Wildman–Crippen MR) is 275 cm³/mol. The maximum Gasteiger partial charge on any atom is 0.422 e. The number of ether oxygens (including phenoxy) is 6. The molecule has 4 bridgehead atoms. The minimum atomic E-state index is -4.12. The number of carbonyl (C=O) groups excluding carboxylic acids is 6. The van der Waals surface area contributed by atoms with Crippen molar-refractivity contribution in [2.24, 2.45) is 41.4 Å². The van der Waals surface area contributed by atoms with Crippen molar-refractivity contribution in [3.05, 3.63) is 47.6 Å². The maximum absolute atomic E-state index is 14.5. The van der Waals surface area contributed by atoms with Gasteiger partial charge in [-0.05, 0) is 108 Å².